The minimum absolute atomic E-state index is 0.0481. The number of aliphatic hydroxyl groups excluding tert-OH is 1. The number of anilines is 1. The molecule has 1 amide bonds. The summed E-state index contributed by atoms with van der Waals surface area (Å²) >= 11 is 0. The molecule has 24 heavy (non-hydrogen) atoms. The van der Waals surface area contributed by atoms with Crippen LogP contribution in [0.1, 0.15) is 29.8 Å². The third-order valence-corrected chi connectivity index (χ3v) is 3.95. The molecular formula is C17H16F2N2O3. The fraction of sp³-hybridized carbons (Fsp3) is 0.294. The van der Waals surface area contributed by atoms with Gasteiger partial charge in [0.05, 0.1) is 36.7 Å². The molecule has 3 rings (SSSR count). The van der Waals surface area contributed by atoms with Crippen molar-refractivity contribution in [1.29, 1.82) is 0 Å². The van der Waals surface area contributed by atoms with Crippen molar-refractivity contribution in [3.8, 4) is 5.88 Å². The van der Waals surface area contributed by atoms with Crippen LogP contribution in [0.15, 0.2) is 36.4 Å². The van der Waals surface area contributed by atoms with Gasteiger partial charge in [-0.1, -0.05) is 18.2 Å². The second-order valence-electron chi connectivity index (χ2n) is 5.55. The van der Waals surface area contributed by atoms with Gasteiger partial charge in [0.2, 0.25) is 5.88 Å². The number of amides is 1. The molecule has 2 aromatic rings. The second kappa shape index (κ2) is 5.83. The maximum absolute atomic E-state index is 14.5. The van der Waals surface area contributed by atoms with E-state index >= 15 is 0 Å². The summed E-state index contributed by atoms with van der Waals surface area (Å²) in [5, 5.41) is 9.76. The molecule has 126 valence electrons. The number of aromatic nitrogens is 1. The van der Waals surface area contributed by atoms with Crippen LogP contribution in [0, 0.1) is 0 Å². The Bertz CT molecular complexity index is 793. The van der Waals surface area contributed by atoms with Crippen LogP contribution in [0.2, 0.25) is 0 Å². The van der Waals surface area contributed by atoms with E-state index in [4.69, 9.17) is 4.74 Å². The maximum atomic E-state index is 14.5. The highest BCUT2D eigenvalue weighted by molar-refractivity contribution is 6.06. The lowest BCUT2D eigenvalue weighted by molar-refractivity contribution is -0.141. The number of carbonyl (C=O) groups is 1. The first-order chi connectivity index (χ1) is 11.4. The highest BCUT2D eigenvalue weighted by Crippen LogP contribution is 2.47. The number of aliphatic hydroxyl groups is 1. The molecule has 1 aromatic carbocycles. The first-order valence-corrected chi connectivity index (χ1v) is 7.37. The molecule has 1 aliphatic rings. The van der Waals surface area contributed by atoms with Crippen LogP contribution >= 0.6 is 0 Å². The summed E-state index contributed by atoms with van der Waals surface area (Å²) in [6, 6.07) is 9.32. The predicted molar refractivity (Wildman–Crippen MR) is 82.9 cm³/mol. The molecule has 5 nitrogen and oxygen atoms in total. The molecule has 0 radical (unpaired) electrons. The molecule has 1 aromatic heterocycles. The number of rotatable bonds is 4. The van der Waals surface area contributed by atoms with Gasteiger partial charge in [0.15, 0.2) is 0 Å². The highest BCUT2D eigenvalue weighted by Gasteiger charge is 2.54. The number of nitrogens with zero attached hydrogens (tertiary/aromatic N) is 2. The average molecular weight is 334 g/mol. The van der Waals surface area contributed by atoms with Crippen molar-refractivity contribution in [3.05, 3.63) is 53.2 Å². The molecule has 0 saturated heterocycles. The molecule has 7 heteroatoms. The van der Waals surface area contributed by atoms with Gasteiger partial charge in [-0.2, -0.15) is 8.78 Å². The standard InChI is InChI=1S/C17H16F2N2O3/c1-10(22)12-6-4-7-13-15(12)17(18,19)16(23)21(13)9-11-5-3-8-14(20-11)24-2/h3-8,10,22H,9H2,1-2H3/t10-/m0/s1. The zero-order valence-electron chi connectivity index (χ0n) is 13.2. The third kappa shape index (κ3) is 2.50. The first kappa shape index (κ1) is 16.3. The Morgan fingerprint density at radius 1 is 1.29 bits per heavy atom. The van der Waals surface area contributed by atoms with Gasteiger partial charge in [-0.05, 0) is 24.6 Å². The lowest BCUT2D eigenvalue weighted by atomic mass is 9.98. The molecule has 0 fully saturated rings. The molecule has 1 aliphatic heterocycles. The number of methoxy groups -OCH3 is 1. The molecule has 0 spiro atoms. The number of hydrogen-bond acceptors (Lipinski definition) is 4. The summed E-state index contributed by atoms with van der Waals surface area (Å²) in [6.07, 6.45) is -1.10. The van der Waals surface area contributed by atoms with Crippen LogP contribution in [0.4, 0.5) is 14.5 Å². The topological polar surface area (TPSA) is 62.7 Å². The minimum Gasteiger partial charge on any atom is -0.481 e. The summed E-state index contributed by atoms with van der Waals surface area (Å²) in [5.41, 5.74) is 0.127. The molecule has 0 unspecified atom stereocenters. The predicted octanol–water partition coefficient (Wildman–Crippen LogP) is 2.78. The number of alkyl halides is 2. The van der Waals surface area contributed by atoms with Crippen molar-refractivity contribution in [2.24, 2.45) is 0 Å². The van der Waals surface area contributed by atoms with E-state index in [1.165, 1.54) is 26.2 Å². The fourth-order valence-electron chi connectivity index (χ4n) is 2.84. The van der Waals surface area contributed by atoms with Crippen molar-refractivity contribution in [3.63, 3.8) is 0 Å². The average Bonchev–Trinajstić information content (AvgIpc) is 2.76. The zero-order valence-corrected chi connectivity index (χ0v) is 13.2. The van der Waals surface area contributed by atoms with Crippen molar-refractivity contribution in [2.75, 3.05) is 12.0 Å². The number of pyridine rings is 1. The van der Waals surface area contributed by atoms with Crippen LogP contribution in [-0.4, -0.2) is 23.1 Å². The monoisotopic (exact) mass is 334 g/mol. The largest absolute Gasteiger partial charge is 0.481 e. The van der Waals surface area contributed by atoms with E-state index in [1.807, 2.05) is 0 Å². The smallest absolute Gasteiger partial charge is 0.352 e. The molecule has 1 N–H and O–H groups in total. The summed E-state index contributed by atoms with van der Waals surface area (Å²) in [5.74, 6) is -4.67. The van der Waals surface area contributed by atoms with Crippen LogP contribution in [0.3, 0.4) is 0 Å². The molecular weight excluding hydrogens is 318 g/mol. The van der Waals surface area contributed by atoms with Crippen LogP contribution < -0.4 is 9.64 Å². The van der Waals surface area contributed by atoms with E-state index in [2.05, 4.69) is 4.98 Å². The number of halogens is 2. The fourth-order valence-corrected chi connectivity index (χ4v) is 2.84. The Kier molecular flexibility index (Phi) is 3.96. The SMILES string of the molecule is COc1cccc(CN2C(=O)C(F)(F)c3c([C@H](C)O)cccc32)n1. The summed E-state index contributed by atoms with van der Waals surface area (Å²) in [4.78, 5) is 17.4. The van der Waals surface area contributed by atoms with Crippen molar-refractivity contribution in [2.45, 2.75) is 25.5 Å². The Morgan fingerprint density at radius 3 is 2.67 bits per heavy atom. The third-order valence-electron chi connectivity index (χ3n) is 3.95. The Morgan fingerprint density at radius 2 is 2.00 bits per heavy atom. The summed E-state index contributed by atoms with van der Waals surface area (Å²) in [6.45, 7) is 1.28. The molecule has 0 bridgehead atoms. The van der Waals surface area contributed by atoms with Crippen molar-refractivity contribution < 1.29 is 23.4 Å². The lowest BCUT2D eigenvalue weighted by Gasteiger charge is -2.17. The number of fused-ring (bicyclic) bond motifs is 1. The van der Waals surface area contributed by atoms with Gasteiger partial charge >= 0.3 is 11.8 Å². The minimum atomic E-state index is -3.68. The summed E-state index contributed by atoms with van der Waals surface area (Å²) < 4.78 is 34.0. The van der Waals surface area contributed by atoms with E-state index in [-0.39, 0.29) is 17.8 Å². The quantitative estimate of drug-likeness (QED) is 0.934. The zero-order chi connectivity index (χ0) is 17.5. The van der Waals surface area contributed by atoms with E-state index < -0.39 is 23.5 Å². The van der Waals surface area contributed by atoms with E-state index in [0.29, 0.717) is 11.6 Å². The normalized spacial score (nSPS) is 16.9. The summed E-state index contributed by atoms with van der Waals surface area (Å²) in [7, 11) is 1.45. The van der Waals surface area contributed by atoms with Crippen LogP contribution in [0.5, 0.6) is 5.88 Å². The van der Waals surface area contributed by atoms with Gasteiger partial charge in [-0.25, -0.2) is 4.98 Å². The first-order valence-electron chi connectivity index (χ1n) is 7.37. The van der Waals surface area contributed by atoms with E-state index in [9.17, 15) is 18.7 Å². The molecule has 0 saturated carbocycles. The van der Waals surface area contributed by atoms with E-state index in [1.54, 1.807) is 24.3 Å². The Labute approximate surface area is 137 Å². The van der Waals surface area contributed by atoms with Gasteiger partial charge < -0.3 is 14.7 Å². The van der Waals surface area contributed by atoms with Gasteiger partial charge in [0.1, 0.15) is 0 Å². The van der Waals surface area contributed by atoms with Gasteiger partial charge in [-0.3, -0.25) is 4.79 Å². The lowest BCUT2D eigenvalue weighted by Crippen LogP contribution is -2.34. The van der Waals surface area contributed by atoms with Crippen molar-refractivity contribution in [1.82, 2.24) is 4.98 Å². The van der Waals surface area contributed by atoms with E-state index in [0.717, 1.165) is 4.90 Å². The highest BCUT2D eigenvalue weighted by atomic mass is 19.3. The molecule has 2 heterocycles. The number of ether oxygens (including phenoxy) is 1. The van der Waals surface area contributed by atoms with Crippen LogP contribution in [0.25, 0.3) is 0 Å². The number of carbonyl (C=O) groups excluding carboxylic acids is 1. The number of benzene rings is 1. The van der Waals surface area contributed by atoms with Crippen molar-refractivity contribution >= 4 is 11.6 Å². The molecule has 0 aliphatic carbocycles. The van der Waals surface area contributed by atoms with Gasteiger partial charge in [0.25, 0.3) is 0 Å². The van der Waals surface area contributed by atoms with Gasteiger partial charge in [-0.15, -0.1) is 0 Å². The Balaban J connectivity index is 2.05. The second-order valence-corrected chi connectivity index (χ2v) is 5.55. The Hall–Kier alpha value is -2.54. The van der Waals surface area contributed by atoms with Gasteiger partial charge in [0, 0.05) is 6.07 Å². The van der Waals surface area contributed by atoms with Crippen LogP contribution in [-0.2, 0) is 17.3 Å². The number of hydrogen-bond donors (Lipinski definition) is 1. The molecule has 1 atom stereocenters. The maximum Gasteiger partial charge on any atom is 0.352 e.